The first kappa shape index (κ1) is 14.0. The minimum absolute atomic E-state index is 0.123. The van der Waals surface area contributed by atoms with Gasteiger partial charge in [-0.3, -0.25) is 0 Å². The molecule has 1 aromatic rings. The van der Waals surface area contributed by atoms with Gasteiger partial charge < -0.3 is 5.11 Å². The van der Waals surface area contributed by atoms with Gasteiger partial charge in [-0.15, -0.1) is 0 Å². The average molecular weight is 299 g/mol. The van der Waals surface area contributed by atoms with Gasteiger partial charge in [0.15, 0.2) is 0 Å². The summed E-state index contributed by atoms with van der Waals surface area (Å²) in [7, 11) is -3.86. The largest absolute Gasteiger partial charge is 0.392 e. The van der Waals surface area contributed by atoms with Crippen LogP contribution in [0.3, 0.4) is 0 Å². The van der Waals surface area contributed by atoms with Crippen molar-refractivity contribution in [3.05, 3.63) is 29.6 Å². The van der Waals surface area contributed by atoms with Crippen LogP contribution >= 0.6 is 0 Å². The Hall–Kier alpha value is -0.980. The molecule has 4 nitrogen and oxygen atoms in total. The molecule has 0 radical (unpaired) electrons. The summed E-state index contributed by atoms with van der Waals surface area (Å²) in [5.41, 5.74) is 0.508. The predicted octanol–water partition coefficient (Wildman–Crippen LogP) is 1.79. The molecule has 0 aromatic heterocycles. The highest BCUT2D eigenvalue weighted by molar-refractivity contribution is 7.89. The highest BCUT2D eigenvalue weighted by atomic mass is 32.2. The van der Waals surface area contributed by atoms with Crippen molar-refractivity contribution in [2.75, 3.05) is 6.54 Å². The van der Waals surface area contributed by atoms with E-state index in [0.29, 0.717) is 18.0 Å². The summed E-state index contributed by atoms with van der Waals surface area (Å²) in [5, 5.41) is 9.03. The maximum absolute atomic E-state index is 13.7. The maximum atomic E-state index is 13.7. The molecule has 0 atom stereocenters. The Morgan fingerprint density at radius 1 is 1.35 bits per heavy atom. The van der Waals surface area contributed by atoms with Crippen LogP contribution < -0.4 is 4.72 Å². The second kappa shape index (κ2) is 4.79. The zero-order chi connectivity index (χ0) is 14.4. The Balaban J connectivity index is 1.77. The van der Waals surface area contributed by atoms with E-state index in [1.807, 2.05) is 0 Å². The Labute approximate surface area is 118 Å². The number of nitrogens with one attached hydrogen (secondary N) is 1. The fraction of sp³-hybridized carbons (Fsp3) is 0.571. The first-order valence-corrected chi connectivity index (χ1v) is 8.34. The molecule has 20 heavy (non-hydrogen) atoms. The molecule has 0 unspecified atom stereocenters. The lowest BCUT2D eigenvalue weighted by Crippen LogP contribution is -2.31. The third-order valence-corrected chi connectivity index (χ3v) is 5.83. The highest BCUT2D eigenvalue weighted by Crippen LogP contribution is 2.60. The van der Waals surface area contributed by atoms with Gasteiger partial charge in [0.25, 0.3) is 0 Å². The lowest BCUT2D eigenvalue weighted by atomic mass is 10.0. The number of rotatable bonds is 6. The molecule has 0 heterocycles. The number of aliphatic hydroxyl groups is 1. The van der Waals surface area contributed by atoms with Crippen LogP contribution in [0.2, 0.25) is 0 Å². The Morgan fingerprint density at radius 3 is 2.60 bits per heavy atom. The van der Waals surface area contributed by atoms with Crippen LogP contribution in [0.5, 0.6) is 0 Å². The highest BCUT2D eigenvalue weighted by Gasteiger charge is 2.53. The van der Waals surface area contributed by atoms with Crippen molar-refractivity contribution in [2.24, 2.45) is 11.3 Å². The molecule has 6 heteroatoms. The molecule has 1 aromatic carbocycles. The van der Waals surface area contributed by atoms with E-state index in [2.05, 4.69) is 4.72 Å². The Kier molecular flexibility index (Phi) is 3.35. The SMILES string of the molecule is O=S(=O)(NCC1(C2CC2)CC1)c1cc(CO)ccc1F. The van der Waals surface area contributed by atoms with Crippen LogP contribution in [0.1, 0.15) is 31.2 Å². The van der Waals surface area contributed by atoms with Crippen molar-refractivity contribution in [1.82, 2.24) is 4.72 Å². The molecule has 110 valence electrons. The second-order valence-corrected chi connectivity index (χ2v) is 7.62. The molecule has 0 aliphatic heterocycles. The molecular formula is C14H18FNO3S. The van der Waals surface area contributed by atoms with Crippen molar-refractivity contribution in [2.45, 2.75) is 37.2 Å². The van der Waals surface area contributed by atoms with Crippen LogP contribution in [-0.4, -0.2) is 20.1 Å². The Bertz CT molecular complexity index is 621. The Morgan fingerprint density at radius 2 is 2.05 bits per heavy atom. The van der Waals surface area contributed by atoms with Crippen molar-refractivity contribution in [3.63, 3.8) is 0 Å². The third-order valence-electron chi connectivity index (χ3n) is 4.42. The van der Waals surface area contributed by atoms with E-state index in [-0.39, 0.29) is 16.9 Å². The van der Waals surface area contributed by atoms with E-state index < -0.39 is 15.8 Å². The third kappa shape index (κ3) is 2.60. The molecule has 0 saturated heterocycles. The smallest absolute Gasteiger partial charge is 0.243 e. The number of halogens is 1. The van der Waals surface area contributed by atoms with Crippen LogP contribution in [-0.2, 0) is 16.6 Å². The molecule has 2 fully saturated rings. The van der Waals surface area contributed by atoms with Crippen LogP contribution in [0.15, 0.2) is 23.1 Å². The van der Waals surface area contributed by atoms with Crippen molar-refractivity contribution in [3.8, 4) is 0 Å². The molecule has 3 rings (SSSR count). The molecule has 2 saturated carbocycles. The van der Waals surface area contributed by atoms with Crippen molar-refractivity contribution < 1.29 is 17.9 Å². The molecule has 2 N–H and O–H groups in total. The summed E-state index contributed by atoms with van der Waals surface area (Å²) < 4.78 is 40.7. The molecule has 2 aliphatic rings. The minimum atomic E-state index is -3.86. The van der Waals surface area contributed by atoms with Gasteiger partial charge in [-0.05, 0) is 54.7 Å². The monoisotopic (exact) mass is 299 g/mol. The second-order valence-electron chi connectivity index (χ2n) is 5.88. The van der Waals surface area contributed by atoms with Gasteiger partial charge in [0.05, 0.1) is 6.61 Å². The quantitative estimate of drug-likeness (QED) is 0.841. The van der Waals surface area contributed by atoms with Crippen LogP contribution in [0.25, 0.3) is 0 Å². The molecular weight excluding hydrogens is 281 g/mol. The number of hydrogen-bond donors (Lipinski definition) is 2. The summed E-state index contributed by atoms with van der Waals surface area (Å²) in [6, 6.07) is 3.64. The van der Waals surface area contributed by atoms with Gasteiger partial charge >= 0.3 is 0 Å². The lowest BCUT2D eigenvalue weighted by molar-refractivity contribution is 0.281. The number of aliphatic hydroxyl groups excluding tert-OH is 1. The molecule has 0 amide bonds. The summed E-state index contributed by atoms with van der Waals surface area (Å²) in [4.78, 5) is -0.379. The van der Waals surface area contributed by atoms with E-state index >= 15 is 0 Å². The minimum Gasteiger partial charge on any atom is -0.392 e. The average Bonchev–Trinajstić information content (AvgIpc) is 3.28. The molecule has 0 bridgehead atoms. The van der Waals surface area contributed by atoms with Crippen LogP contribution in [0.4, 0.5) is 4.39 Å². The van der Waals surface area contributed by atoms with E-state index in [1.54, 1.807) is 0 Å². The zero-order valence-corrected chi connectivity index (χ0v) is 11.9. The maximum Gasteiger partial charge on any atom is 0.243 e. The summed E-state index contributed by atoms with van der Waals surface area (Å²) in [6.45, 7) is 0.0810. The first-order chi connectivity index (χ1) is 9.47. The number of hydrogen-bond acceptors (Lipinski definition) is 3. The topological polar surface area (TPSA) is 66.4 Å². The number of benzene rings is 1. The van der Waals surface area contributed by atoms with E-state index in [0.717, 1.165) is 18.9 Å². The summed E-state index contributed by atoms with van der Waals surface area (Å²) >= 11 is 0. The first-order valence-electron chi connectivity index (χ1n) is 6.86. The molecule has 0 spiro atoms. The fourth-order valence-electron chi connectivity index (χ4n) is 2.75. The van der Waals surface area contributed by atoms with E-state index in [9.17, 15) is 12.8 Å². The van der Waals surface area contributed by atoms with Gasteiger partial charge in [0.1, 0.15) is 10.7 Å². The fourth-order valence-corrected chi connectivity index (χ4v) is 4.02. The van der Waals surface area contributed by atoms with Crippen LogP contribution in [0, 0.1) is 17.2 Å². The molecule has 2 aliphatic carbocycles. The standard InChI is InChI=1S/C14H18FNO3S/c15-12-4-1-10(8-17)7-13(12)20(18,19)16-9-14(5-6-14)11-2-3-11/h1,4,7,11,16-17H,2-3,5-6,8-9H2. The van der Waals surface area contributed by atoms with Gasteiger partial charge in [0, 0.05) is 6.54 Å². The van der Waals surface area contributed by atoms with Crippen molar-refractivity contribution in [1.29, 1.82) is 0 Å². The lowest BCUT2D eigenvalue weighted by Gasteiger charge is -2.15. The normalized spacial score (nSPS) is 20.9. The summed E-state index contributed by atoms with van der Waals surface area (Å²) in [5.74, 6) is -0.148. The van der Waals surface area contributed by atoms with E-state index in [1.165, 1.54) is 25.0 Å². The van der Waals surface area contributed by atoms with E-state index in [4.69, 9.17) is 5.11 Å². The van der Waals surface area contributed by atoms with Crippen molar-refractivity contribution >= 4 is 10.0 Å². The van der Waals surface area contributed by atoms with Gasteiger partial charge in [-0.25, -0.2) is 17.5 Å². The predicted molar refractivity (Wildman–Crippen MR) is 71.9 cm³/mol. The van der Waals surface area contributed by atoms with Gasteiger partial charge in [-0.1, -0.05) is 6.07 Å². The summed E-state index contributed by atoms with van der Waals surface area (Å²) in [6.07, 6.45) is 4.46. The van der Waals surface area contributed by atoms with Gasteiger partial charge in [0.2, 0.25) is 10.0 Å². The zero-order valence-electron chi connectivity index (χ0n) is 11.1. The van der Waals surface area contributed by atoms with Gasteiger partial charge in [-0.2, -0.15) is 0 Å². The number of sulfonamides is 1.